The summed E-state index contributed by atoms with van der Waals surface area (Å²) in [5.41, 5.74) is 3.23. The molecule has 25 heavy (non-hydrogen) atoms. The van der Waals surface area contributed by atoms with Crippen molar-refractivity contribution in [2.75, 3.05) is 13.6 Å². The summed E-state index contributed by atoms with van der Waals surface area (Å²) >= 11 is 1.66. The first-order chi connectivity index (χ1) is 12.3. The Bertz CT molecular complexity index is 799. The Labute approximate surface area is 151 Å². The van der Waals surface area contributed by atoms with Crippen molar-refractivity contribution in [3.05, 3.63) is 71.5 Å². The molecule has 0 spiro atoms. The maximum atomic E-state index is 4.68. The quantitative estimate of drug-likeness (QED) is 0.529. The summed E-state index contributed by atoms with van der Waals surface area (Å²) in [5.74, 6) is 0.769. The number of aromatic nitrogens is 2. The molecule has 1 aromatic carbocycles. The first-order valence-corrected chi connectivity index (χ1v) is 9.07. The van der Waals surface area contributed by atoms with E-state index < -0.39 is 0 Å². The number of pyridine rings is 1. The third kappa shape index (κ3) is 5.12. The van der Waals surface area contributed by atoms with E-state index in [0.29, 0.717) is 6.54 Å². The molecule has 0 atom stereocenters. The first-order valence-electron chi connectivity index (χ1n) is 8.19. The Morgan fingerprint density at radius 1 is 1.04 bits per heavy atom. The standard InChI is InChI=1S/C19H21N5S/c1-20-19(22-12-10-16-9-5-6-11-21-16)23-13-17-14-25-18(24-17)15-7-3-2-4-8-15/h2-9,11,14H,10,12-13H2,1H3,(H2,20,22,23). The van der Waals surface area contributed by atoms with Gasteiger partial charge in [-0.25, -0.2) is 4.98 Å². The van der Waals surface area contributed by atoms with Gasteiger partial charge in [0.15, 0.2) is 5.96 Å². The first kappa shape index (κ1) is 17.1. The van der Waals surface area contributed by atoms with Crippen LogP contribution in [-0.2, 0) is 13.0 Å². The molecule has 128 valence electrons. The van der Waals surface area contributed by atoms with E-state index in [4.69, 9.17) is 0 Å². The van der Waals surface area contributed by atoms with Crippen molar-refractivity contribution >= 4 is 17.3 Å². The van der Waals surface area contributed by atoms with Crippen LogP contribution in [0.5, 0.6) is 0 Å². The van der Waals surface area contributed by atoms with Crippen LogP contribution in [0, 0.1) is 0 Å². The summed E-state index contributed by atoms with van der Waals surface area (Å²) in [4.78, 5) is 13.2. The molecule has 0 aliphatic heterocycles. The lowest BCUT2D eigenvalue weighted by Crippen LogP contribution is -2.38. The highest BCUT2D eigenvalue weighted by Crippen LogP contribution is 2.23. The second-order valence-electron chi connectivity index (χ2n) is 5.43. The van der Waals surface area contributed by atoms with E-state index in [1.807, 2.05) is 42.6 Å². The third-order valence-electron chi connectivity index (χ3n) is 3.63. The van der Waals surface area contributed by atoms with Crippen LogP contribution in [0.1, 0.15) is 11.4 Å². The predicted octanol–water partition coefficient (Wildman–Crippen LogP) is 3.11. The third-order valence-corrected chi connectivity index (χ3v) is 4.57. The van der Waals surface area contributed by atoms with Crippen molar-refractivity contribution in [3.8, 4) is 10.6 Å². The molecule has 3 aromatic rings. The summed E-state index contributed by atoms with van der Waals surface area (Å²) in [6.45, 7) is 1.43. The van der Waals surface area contributed by atoms with E-state index in [1.165, 1.54) is 0 Å². The van der Waals surface area contributed by atoms with Crippen LogP contribution in [0.3, 0.4) is 0 Å². The normalized spacial score (nSPS) is 11.3. The van der Waals surface area contributed by atoms with Crippen molar-refractivity contribution in [2.45, 2.75) is 13.0 Å². The minimum absolute atomic E-state index is 0.645. The van der Waals surface area contributed by atoms with Crippen molar-refractivity contribution in [2.24, 2.45) is 4.99 Å². The lowest BCUT2D eigenvalue weighted by atomic mass is 10.2. The van der Waals surface area contributed by atoms with Gasteiger partial charge in [-0.05, 0) is 12.1 Å². The molecular formula is C19H21N5S. The van der Waals surface area contributed by atoms with Crippen molar-refractivity contribution in [1.29, 1.82) is 0 Å². The maximum absolute atomic E-state index is 4.68. The lowest BCUT2D eigenvalue weighted by molar-refractivity contribution is 0.778. The molecule has 0 saturated heterocycles. The number of thiazole rings is 1. The van der Waals surface area contributed by atoms with E-state index in [2.05, 4.69) is 43.1 Å². The molecule has 0 saturated carbocycles. The Morgan fingerprint density at radius 3 is 2.64 bits per heavy atom. The van der Waals surface area contributed by atoms with Crippen LogP contribution >= 0.6 is 11.3 Å². The molecule has 0 unspecified atom stereocenters. The van der Waals surface area contributed by atoms with Crippen LogP contribution in [0.15, 0.2) is 65.1 Å². The number of benzene rings is 1. The fourth-order valence-corrected chi connectivity index (χ4v) is 3.18. The number of hydrogen-bond donors (Lipinski definition) is 2. The van der Waals surface area contributed by atoms with Gasteiger partial charge in [-0.15, -0.1) is 11.3 Å². The Morgan fingerprint density at radius 2 is 1.88 bits per heavy atom. The van der Waals surface area contributed by atoms with Crippen molar-refractivity contribution in [3.63, 3.8) is 0 Å². The fraction of sp³-hybridized carbons (Fsp3) is 0.211. The Balaban J connectivity index is 1.47. The van der Waals surface area contributed by atoms with Gasteiger partial charge in [0.25, 0.3) is 0 Å². The van der Waals surface area contributed by atoms with Gasteiger partial charge in [0, 0.05) is 42.8 Å². The van der Waals surface area contributed by atoms with Crippen molar-refractivity contribution < 1.29 is 0 Å². The lowest BCUT2D eigenvalue weighted by Gasteiger charge is -2.10. The molecule has 0 fully saturated rings. The minimum atomic E-state index is 0.645. The molecule has 3 rings (SSSR count). The largest absolute Gasteiger partial charge is 0.356 e. The summed E-state index contributed by atoms with van der Waals surface area (Å²) in [6, 6.07) is 16.2. The Hall–Kier alpha value is -2.73. The van der Waals surface area contributed by atoms with Gasteiger partial charge in [-0.3, -0.25) is 9.98 Å². The van der Waals surface area contributed by atoms with Crippen LogP contribution in [0.2, 0.25) is 0 Å². The molecule has 2 heterocycles. The summed E-state index contributed by atoms with van der Waals surface area (Å²) < 4.78 is 0. The number of aliphatic imine (C=N–C) groups is 1. The molecular weight excluding hydrogens is 330 g/mol. The van der Waals surface area contributed by atoms with Crippen molar-refractivity contribution in [1.82, 2.24) is 20.6 Å². The van der Waals surface area contributed by atoms with E-state index >= 15 is 0 Å². The highest BCUT2D eigenvalue weighted by Gasteiger charge is 2.05. The zero-order valence-electron chi connectivity index (χ0n) is 14.1. The van der Waals surface area contributed by atoms with Gasteiger partial charge in [0.1, 0.15) is 5.01 Å². The highest BCUT2D eigenvalue weighted by atomic mass is 32.1. The number of hydrogen-bond acceptors (Lipinski definition) is 4. The van der Waals surface area contributed by atoms with Gasteiger partial charge < -0.3 is 10.6 Å². The predicted molar refractivity (Wildman–Crippen MR) is 104 cm³/mol. The second-order valence-corrected chi connectivity index (χ2v) is 6.29. The fourth-order valence-electron chi connectivity index (χ4n) is 2.35. The molecule has 0 bridgehead atoms. The van der Waals surface area contributed by atoms with E-state index in [-0.39, 0.29) is 0 Å². The summed E-state index contributed by atoms with van der Waals surface area (Å²) in [7, 11) is 1.77. The monoisotopic (exact) mass is 351 g/mol. The molecule has 0 aliphatic rings. The molecule has 2 aromatic heterocycles. The highest BCUT2D eigenvalue weighted by molar-refractivity contribution is 7.13. The average molecular weight is 351 g/mol. The van der Waals surface area contributed by atoms with E-state index in [1.54, 1.807) is 18.4 Å². The Kier molecular flexibility index (Phi) is 6.11. The molecule has 0 aliphatic carbocycles. The van der Waals surface area contributed by atoms with Gasteiger partial charge in [0.2, 0.25) is 0 Å². The zero-order chi connectivity index (χ0) is 17.3. The molecule has 2 N–H and O–H groups in total. The van der Waals surface area contributed by atoms with Crippen LogP contribution in [-0.4, -0.2) is 29.5 Å². The van der Waals surface area contributed by atoms with Gasteiger partial charge in [0.05, 0.1) is 12.2 Å². The number of rotatable bonds is 6. The zero-order valence-corrected chi connectivity index (χ0v) is 15.0. The van der Waals surface area contributed by atoms with Crippen LogP contribution in [0.25, 0.3) is 10.6 Å². The van der Waals surface area contributed by atoms with Gasteiger partial charge in [-0.1, -0.05) is 36.4 Å². The number of nitrogens with one attached hydrogen (secondary N) is 2. The SMILES string of the molecule is CN=C(NCCc1ccccn1)NCc1csc(-c2ccccc2)n1. The number of guanidine groups is 1. The van der Waals surface area contributed by atoms with Gasteiger partial charge in [-0.2, -0.15) is 0 Å². The molecule has 5 nitrogen and oxygen atoms in total. The van der Waals surface area contributed by atoms with E-state index in [0.717, 1.165) is 40.9 Å². The van der Waals surface area contributed by atoms with Crippen LogP contribution < -0.4 is 10.6 Å². The van der Waals surface area contributed by atoms with Gasteiger partial charge >= 0.3 is 0 Å². The van der Waals surface area contributed by atoms with Crippen LogP contribution in [0.4, 0.5) is 0 Å². The number of nitrogens with zero attached hydrogens (tertiary/aromatic N) is 3. The molecule has 6 heteroatoms. The second kappa shape index (κ2) is 8.94. The topological polar surface area (TPSA) is 62.2 Å². The summed E-state index contributed by atoms with van der Waals surface area (Å²) in [5, 5.41) is 9.72. The smallest absolute Gasteiger partial charge is 0.191 e. The minimum Gasteiger partial charge on any atom is -0.356 e. The maximum Gasteiger partial charge on any atom is 0.191 e. The summed E-state index contributed by atoms with van der Waals surface area (Å²) in [6.07, 6.45) is 2.67. The van der Waals surface area contributed by atoms with E-state index in [9.17, 15) is 0 Å². The molecule has 0 radical (unpaired) electrons. The average Bonchev–Trinajstić information content (AvgIpc) is 3.15. The molecule has 0 amide bonds.